The summed E-state index contributed by atoms with van der Waals surface area (Å²) in [5, 5.41) is 15.6. The van der Waals surface area contributed by atoms with Crippen molar-refractivity contribution < 1.29 is 9.66 Å². The van der Waals surface area contributed by atoms with Crippen LogP contribution in [0.15, 0.2) is 48.7 Å². The fourth-order valence-corrected chi connectivity index (χ4v) is 5.13. The van der Waals surface area contributed by atoms with Crippen LogP contribution in [0.4, 0.5) is 5.69 Å². The van der Waals surface area contributed by atoms with Crippen molar-refractivity contribution in [2.75, 3.05) is 7.11 Å². The van der Waals surface area contributed by atoms with Gasteiger partial charge in [0.2, 0.25) is 0 Å². The molecule has 1 aliphatic rings. The van der Waals surface area contributed by atoms with Crippen molar-refractivity contribution in [3.05, 3.63) is 81.4 Å². The van der Waals surface area contributed by atoms with Gasteiger partial charge in [-0.15, -0.1) is 0 Å². The normalized spacial score (nSPS) is 18.0. The van der Waals surface area contributed by atoms with Crippen molar-refractivity contribution >= 4 is 23.0 Å². The maximum absolute atomic E-state index is 11.4. The van der Waals surface area contributed by atoms with Gasteiger partial charge in [-0.05, 0) is 69.7 Å². The van der Waals surface area contributed by atoms with E-state index in [1.807, 2.05) is 36.6 Å². The number of nitro benzene ring substituents is 1. The highest BCUT2D eigenvalue weighted by Gasteiger charge is 2.42. The Hall–Kier alpha value is -3.46. The maximum atomic E-state index is 11.4. The number of aromatic nitrogens is 2. The average Bonchev–Trinajstić information content (AvgIpc) is 3.29. The van der Waals surface area contributed by atoms with Gasteiger partial charge in [-0.1, -0.05) is 6.07 Å². The van der Waals surface area contributed by atoms with Crippen molar-refractivity contribution in [1.82, 2.24) is 19.8 Å². The molecular weight excluding hydrogens is 438 g/mol. The molecule has 2 atom stereocenters. The monoisotopic (exact) mass is 465 g/mol. The second-order valence-corrected chi connectivity index (χ2v) is 8.79. The van der Waals surface area contributed by atoms with Gasteiger partial charge in [0.05, 0.1) is 35.5 Å². The molecule has 8 nitrogen and oxygen atoms in total. The number of nitro groups is 1. The van der Waals surface area contributed by atoms with E-state index in [2.05, 4.69) is 35.1 Å². The first-order valence-corrected chi connectivity index (χ1v) is 11.2. The van der Waals surface area contributed by atoms with Crippen LogP contribution in [-0.4, -0.2) is 37.6 Å². The van der Waals surface area contributed by atoms with E-state index in [9.17, 15) is 10.1 Å². The van der Waals surface area contributed by atoms with E-state index < -0.39 is 4.92 Å². The molecule has 0 bridgehead atoms. The van der Waals surface area contributed by atoms with Gasteiger partial charge in [0.25, 0.3) is 5.69 Å². The minimum absolute atomic E-state index is 0.0127. The summed E-state index contributed by atoms with van der Waals surface area (Å²) >= 11 is 5.72. The summed E-state index contributed by atoms with van der Waals surface area (Å²) in [7, 11) is 1.57. The number of hydrogen-bond donors (Lipinski definition) is 1. The lowest BCUT2D eigenvalue weighted by molar-refractivity contribution is -0.384. The van der Waals surface area contributed by atoms with Crippen molar-refractivity contribution in [2.45, 2.75) is 45.8 Å². The van der Waals surface area contributed by atoms with E-state index in [1.54, 1.807) is 25.4 Å². The van der Waals surface area contributed by atoms with E-state index in [4.69, 9.17) is 17.0 Å². The van der Waals surface area contributed by atoms with Gasteiger partial charge in [-0.2, -0.15) is 0 Å². The molecule has 1 aliphatic heterocycles. The topological polar surface area (TPSA) is 85.5 Å². The molecule has 0 aliphatic carbocycles. The van der Waals surface area contributed by atoms with Crippen LogP contribution in [0.25, 0.3) is 5.69 Å². The first kappa shape index (κ1) is 22.7. The number of benzene rings is 1. The Morgan fingerprint density at radius 2 is 1.97 bits per heavy atom. The number of pyridine rings is 1. The second kappa shape index (κ2) is 8.82. The highest BCUT2D eigenvalue weighted by Crippen LogP contribution is 2.43. The summed E-state index contributed by atoms with van der Waals surface area (Å²) in [6, 6.07) is 12.6. The van der Waals surface area contributed by atoms with Gasteiger partial charge in [-0.25, -0.2) is 0 Å². The Morgan fingerprint density at radius 3 is 2.58 bits per heavy atom. The van der Waals surface area contributed by atoms with Gasteiger partial charge in [0.15, 0.2) is 5.11 Å². The number of hydrogen-bond acceptors (Lipinski definition) is 5. The number of ether oxygens (including phenoxy) is 1. The summed E-state index contributed by atoms with van der Waals surface area (Å²) < 4.78 is 7.56. The van der Waals surface area contributed by atoms with Gasteiger partial charge < -0.3 is 19.5 Å². The number of rotatable bonds is 6. The molecule has 9 heteroatoms. The zero-order valence-corrected chi connectivity index (χ0v) is 20.1. The van der Waals surface area contributed by atoms with E-state index in [1.165, 1.54) is 6.07 Å². The molecule has 1 aromatic carbocycles. The number of aryl methyl sites for hydroxylation is 1. The first-order valence-electron chi connectivity index (χ1n) is 10.8. The lowest BCUT2D eigenvalue weighted by Gasteiger charge is -2.31. The maximum Gasteiger partial charge on any atom is 0.271 e. The van der Waals surface area contributed by atoms with Crippen LogP contribution in [0.2, 0.25) is 0 Å². The predicted molar refractivity (Wildman–Crippen MR) is 131 cm³/mol. The fraction of sp³-hybridized carbons (Fsp3) is 0.333. The van der Waals surface area contributed by atoms with E-state index in [0.717, 1.165) is 22.6 Å². The number of methoxy groups -OCH3 is 1. The standard InChI is InChI=1S/C24H27N5O3S/c1-14(2)27-23(22(26-24(27)33)19-8-6-7-11-25-19)18-12-15(3)28(16(18)4)20-13-17(29(30)31)9-10-21(20)32-5/h6-14,22-23H,1-5H3,(H,26,33)/t22-,23-/m0/s1. The predicted octanol–water partition coefficient (Wildman–Crippen LogP) is 4.79. The largest absolute Gasteiger partial charge is 0.495 e. The molecule has 0 unspecified atom stereocenters. The molecule has 1 fully saturated rings. The quantitative estimate of drug-likeness (QED) is 0.318. The minimum Gasteiger partial charge on any atom is -0.495 e. The molecule has 172 valence electrons. The Bertz CT molecular complexity index is 1210. The molecule has 0 radical (unpaired) electrons. The highest BCUT2D eigenvalue weighted by atomic mass is 32.1. The van der Waals surface area contributed by atoms with Crippen molar-refractivity contribution in [3.8, 4) is 11.4 Å². The average molecular weight is 466 g/mol. The van der Waals surface area contributed by atoms with E-state index >= 15 is 0 Å². The number of thiocarbonyl (C=S) groups is 1. The molecule has 1 saturated heterocycles. The van der Waals surface area contributed by atoms with Crippen LogP contribution in [0.1, 0.15) is 48.6 Å². The molecule has 2 aromatic heterocycles. The zero-order chi connectivity index (χ0) is 23.9. The van der Waals surface area contributed by atoms with Crippen LogP contribution in [0, 0.1) is 24.0 Å². The third kappa shape index (κ3) is 3.93. The Balaban J connectivity index is 1.90. The number of non-ortho nitro benzene ring substituents is 1. The third-order valence-corrected chi connectivity index (χ3v) is 6.42. The van der Waals surface area contributed by atoms with Crippen LogP contribution < -0.4 is 10.1 Å². The number of nitrogens with one attached hydrogen (secondary N) is 1. The second-order valence-electron chi connectivity index (χ2n) is 8.40. The zero-order valence-electron chi connectivity index (χ0n) is 19.3. The smallest absolute Gasteiger partial charge is 0.271 e. The van der Waals surface area contributed by atoms with Crippen molar-refractivity contribution in [2.24, 2.45) is 0 Å². The summed E-state index contributed by atoms with van der Waals surface area (Å²) in [4.78, 5) is 17.8. The highest BCUT2D eigenvalue weighted by molar-refractivity contribution is 7.80. The summed E-state index contributed by atoms with van der Waals surface area (Å²) in [6.45, 7) is 8.25. The first-order chi connectivity index (χ1) is 15.7. The number of nitrogens with zero attached hydrogens (tertiary/aromatic N) is 4. The molecule has 0 spiro atoms. The molecule has 4 rings (SSSR count). The third-order valence-electron chi connectivity index (χ3n) is 6.09. The van der Waals surface area contributed by atoms with Crippen LogP contribution in [0.3, 0.4) is 0 Å². The van der Waals surface area contributed by atoms with Crippen molar-refractivity contribution in [1.29, 1.82) is 0 Å². The molecule has 3 aromatic rings. The lowest BCUT2D eigenvalue weighted by Crippen LogP contribution is -2.35. The molecule has 0 saturated carbocycles. The Kier molecular flexibility index (Phi) is 6.07. The SMILES string of the molecule is COc1ccc([N+](=O)[O-])cc1-n1c(C)cc([C@H]2[C@H](c3ccccn3)NC(=S)N2C(C)C)c1C. The molecular formula is C24H27N5O3S. The van der Waals surface area contributed by atoms with Crippen molar-refractivity contribution in [3.63, 3.8) is 0 Å². The van der Waals surface area contributed by atoms with Crippen LogP contribution in [-0.2, 0) is 0 Å². The molecule has 33 heavy (non-hydrogen) atoms. The van der Waals surface area contributed by atoms with E-state index in [-0.39, 0.29) is 23.8 Å². The van der Waals surface area contributed by atoms with Gasteiger partial charge in [0.1, 0.15) is 5.75 Å². The molecule has 1 N–H and O–H groups in total. The molecule has 3 heterocycles. The van der Waals surface area contributed by atoms with E-state index in [0.29, 0.717) is 16.5 Å². The van der Waals surface area contributed by atoms with Gasteiger partial charge in [0, 0.05) is 35.8 Å². The summed E-state index contributed by atoms with van der Waals surface area (Å²) in [5.41, 5.74) is 4.55. The Morgan fingerprint density at radius 1 is 1.21 bits per heavy atom. The van der Waals surface area contributed by atoms with Crippen LogP contribution in [0.5, 0.6) is 5.75 Å². The molecule has 0 amide bonds. The fourth-order valence-electron chi connectivity index (χ4n) is 4.68. The minimum atomic E-state index is -0.394. The van der Waals surface area contributed by atoms with Gasteiger partial charge in [-0.3, -0.25) is 15.1 Å². The lowest BCUT2D eigenvalue weighted by atomic mass is 9.96. The Labute approximate surface area is 198 Å². The summed E-state index contributed by atoms with van der Waals surface area (Å²) in [5.74, 6) is 0.566. The summed E-state index contributed by atoms with van der Waals surface area (Å²) in [6.07, 6.45) is 1.78. The van der Waals surface area contributed by atoms with Gasteiger partial charge >= 0.3 is 0 Å². The van der Waals surface area contributed by atoms with Crippen LogP contribution >= 0.6 is 12.2 Å².